The Morgan fingerprint density at radius 2 is 2.25 bits per heavy atom. The van der Waals surface area contributed by atoms with Gasteiger partial charge in [-0.25, -0.2) is 4.39 Å². The van der Waals surface area contributed by atoms with Gasteiger partial charge in [0.2, 0.25) is 0 Å². The number of rotatable bonds is 7. The molecule has 1 atom stereocenters. The minimum Gasteiger partial charge on any atom is -0.390 e. The lowest BCUT2D eigenvalue weighted by Gasteiger charge is -2.11. The van der Waals surface area contributed by atoms with Crippen LogP contribution in [0.5, 0.6) is 0 Å². The number of hydrogen-bond acceptors (Lipinski definition) is 5. The zero-order valence-corrected chi connectivity index (χ0v) is 11.9. The lowest BCUT2D eigenvalue weighted by Crippen LogP contribution is -2.18. The molecule has 1 N–H and O–H groups in total. The van der Waals surface area contributed by atoms with Crippen LogP contribution in [0.4, 0.5) is 4.39 Å². The van der Waals surface area contributed by atoms with E-state index < -0.39 is 6.10 Å². The molecule has 0 aliphatic rings. The predicted octanol–water partition coefficient (Wildman–Crippen LogP) is 1.62. The maximum Gasteiger partial charge on any atom is 0.190 e. The molecule has 1 aromatic heterocycles. The van der Waals surface area contributed by atoms with Crippen LogP contribution in [0.25, 0.3) is 0 Å². The van der Waals surface area contributed by atoms with Gasteiger partial charge in [0, 0.05) is 18.4 Å². The van der Waals surface area contributed by atoms with Gasteiger partial charge in [-0.2, -0.15) is 0 Å². The van der Waals surface area contributed by atoms with Crippen molar-refractivity contribution in [2.75, 3.05) is 12.4 Å². The molecule has 2 rings (SSSR count). The average molecular weight is 297 g/mol. The number of aliphatic hydroxyl groups is 1. The fraction of sp³-hybridized carbons (Fsp3) is 0.385. The first-order chi connectivity index (χ1) is 9.66. The molecule has 5 nitrogen and oxygen atoms in total. The summed E-state index contributed by atoms with van der Waals surface area (Å²) in [6.07, 6.45) is 0.965. The first-order valence-corrected chi connectivity index (χ1v) is 7.11. The normalized spacial score (nSPS) is 12.6. The lowest BCUT2D eigenvalue weighted by molar-refractivity contribution is 0.0386. The minimum atomic E-state index is -0.636. The summed E-state index contributed by atoms with van der Waals surface area (Å²) in [4.78, 5) is 0. The molecule has 0 bridgehead atoms. The summed E-state index contributed by atoms with van der Waals surface area (Å²) in [5.41, 5.74) is 0.487. The Balaban J connectivity index is 1.69. The summed E-state index contributed by atoms with van der Waals surface area (Å²) >= 11 is 1.40. The number of halogens is 1. The monoisotopic (exact) mass is 297 g/mol. The van der Waals surface area contributed by atoms with Crippen LogP contribution in [-0.2, 0) is 18.4 Å². The Labute approximate surface area is 120 Å². The van der Waals surface area contributed by atoms with Crippen molar-refractivity contribution < 1.29 is 14.2 Å². The smallest absolute Gasteiger partial charge is 0.190 e. The minimum absolute atomic E-state index is 0.151. The fourth-order valence-corrected chi connectivity index (χ4v) is 2.34. The highest BCUT2D eigenvalue weighted by molar-refractivity contribution is 7.99. The van der Waals surface area contributed by atoms with Crippen LogP contribution in [0.2, 0.25) is 0 Å². The second-order valence-electron chi connectivity index (χ2n) is 4.30. The topological polar surface area (TPSA) is 60.2 Å². The zero-order valence-electron chi connectivity index (χ0n) is 11.1. The third kappa shape index (κ3) is 4.29. The van der Waals surface area contributed by atoms with Crippen molar-refractivity contribution in [1.82, 2.24) is 14.8 Å². The summed E-state index contributed by atoms with van der Waals surface area (Å²) in [7, 11) is 1.84. The van der Waals surface area contributed by atoms with Gasteiger partial charge in [0.25, 0.3) is 0 Å². The molecule has 1 aromatic carbocycles. The second-order valence-corrected chi connectivity index (χ2v) is 5.28. The molecule has 20 heavy (non-hydrogen) atoms. The van der Waals surface area contributed by atoms with E-state index >= 15 is 0 Å². The van der Waals surface area contributed by atoms with E-state index in [0.29, 0.717) is 11.3 Å². The number of nitrogens with zero attached hydrogens (tertiary/aromatic N) is 3. The number of benzene rings is 1. The third-order valence-corrected chi connectivity index (χ3v) is 3.78. The summed E-state index contributed by atoms with van der Waals surface area (Å²) in [5, 5.41) is 18.2. The van der Waals surface area contributed by atoms with E-state index in [2.05, 4.69) is 10.2 Å². The summed E-state index contributed by atoms with van der Waals surface area (Å²) < 4.78 is 20.4. The van der Waals surface area contributed by atoms with Crippen molar-refractivity contribution in [3.8, 4) is 0 Å². The first-order valence-electron chi connectivity index (χ1n) is 6.13. The molecule has 108 valence electrons. The standard InChI is InChI=1S/C13H16FN3O2S/c1-17-9-15-16-13(17)20-8-11(18)7-19-6-10-4-2-3-5-12(10)14/h2-5,9,11,18H,6-8H2,1H3. The van der Waals surface area contributed by atoms with Crippen LogP contribution >= 0.6 is 11.8 Å². The highest BCUT2D eigenvalue weighted by Gasteiger charge is 2.09. The van der Waals surface area contributed by atoms with E-state index in [0.717, 1.165) is 5.16 Å². The van der Waals surface area contributed by atoms with Crippen LogP contribution in [0.15, 0.2) is 35.7 Å². The molecule has 0 radical (unpaired) electrons. The van der Waals surface area contributed by atoms with Crippen molar-refractivity contribution in [3.63, 3.8) is 0 Å². The molecule has 0 saturated carbocycles. The molecule has 0 spiro atoms. The summed E-state index contributed by atoms with van der Waals surface area (Å²) in [5.74, 6) is 0.152. The van der Waals surface area contributed by atoms with Crippen molar-refractivity contribution in [1.29, 1.82) is 0 Å². The SMILES string of the molecule is Cn1cnnc1SCC(O)COCc1ccccc1F. The highest BCUT2D eigenvalue weighted by atomic mass is 32.2. The van der Waals surface area contributed by atoms with E-state index in [1.807, 2.05) is 7.05 Å². The number of thioether (sulfide) groups is 1. The van der Waals surface area contributed by atoms with E-state index in [-0.39, 0.29) is 19.0 Å². The molecule has 1 unspecified atom stereocenters. The van der Waals surface area contributed by atoms with Crippen molar-refractivity contribution >= 4 is 11.8 Å². The van der Waals surface area contributed by atoms with Gasteiger partial charge in [0.05, 0.1) is 19.3 Å². The Hall–Kier alpha value is -1.44. The van der Waals surface area contributed by atoms with Gasteiger partial charge < -0.3 is 14.4 Å². The van der Waals surface area contributed by atoms with Gasteiger partial charge in [-0.3, -0.25) is 0 Å². The van der Waals surface area contributed by atoms with Crippen LogP contribution in [0.3, 0.4) is 0 Å². The van der Waals surface area contributed by atoms with Gasteiger partial charge >= 0.3 is 0 Å². The van der Waals surface area contributed by atoms with E-state index in [1.165, 1.54) is 17.8 Å². The Morgan fingerprint density at radius 1 is 1.45 bits per heavy atom. The van der Waals surface area contributed by atoms with Gasteiger partial charge in [-0.15, -0.1) is 10.2 Å². The predicted molar refractivity (Wildman–Crippen MR) is 73.8 cm³/mol. The Bertz CT molecular complexity index is 550. The number of aliphatic hydroxyl groups excluding tert-OH is 1. The molecule has 7 heteroatoms. The largest absolute Gasteiger partial charge is 0.390 e. The first kappa shape index (κ1) is 15.0. The fourth-order valence-electron chi connectivity index (χ4n) is 1.54. The van der Waals surface area contributed by atoms with E-state index in [1.54, 1.807) is 29.1 Å². The number of aromatic nitrogens is 3. The van der Waals surface area contributed by atoms with Crippen molar-refractivity contribution in [2.45, 2.75) is 17.9 Å². The molecular weight excluding hydrogens is 281 g/mol. The van der Waals surface area contributed by atoms with Gasteiger partial charge in [0.15, 0.2) is 5.16 Å². The maximum absolute atomic E-state index is 13.3. The number of hydrogen-bond donors (Lipinski definition) is 1. The van der Waals surface area contributed by atoms with Crippen LogP contribution in [0, 0.1) is 5.82 Å². The zero-order chi connectivity index (χ0) is 14.4. The van der Waals surface area contributed by atoms with Gasteiger partial charge in [-0.05, 0) is 6.07 Å². The average Bonchev–Trinajstić information content (AvgIpc) is 2.84. The van der Waals surface area contributed by atoms with Crippen LogP contribution in [0.1, 0.15) is 5.56 Å². The Morgan fingerprint density at radius 3 is 2.95 bits per heavy atom. The van der Waals surface area contributed by atoms with Gasteiger partial charge in [-0.1, -0.05) is 30.0 Å². The summed E-state index contributed by atoms with van der Waals surface area (Å²) in [6.45, 7) is 0.303. The van der Waals surface area contributed by atoms with E-state index in [9.17, 15) is 9.50 Å². The highest BCUT2D eigenvalue weighted by Crippen LogP contribution is 2.15. The van der Waals surface area contributed by atoms with Crippen LogP contribution < -0.4 is 0 Å². The quantitative estimate of drug-likeness (QED) is 0.787. The molecule has 0 saturated heterocycles. The summed E-state index contributed by atoms with van der Waals surface area (Å²) in [6, 6.07) is 6.43. The van der Waals surface area contributed by atoms with Gasteiger partial charge in [0.1, 0.15) is 12.1 Å². The number of aryl methyl sites for hydroxylation is 1. The molecule has 1 heterocycles. The van der Waals surface area contributed by atoms with Crippen molar-refractivity contribution in [2.24, 2.45) is 7.05 Å². The Kier molecular flexibility index (Phi) is 5.51. The molecule has 0 fully saturated rings. The maximum atomic E-state index is 13.3. The third-order valence-electron chi connectivity index (χ3n) is 2.60. The van der Waals surface area contributed by atoms with E-state index in [4.69, 9.17) is 4.74 Å². The molecular formula is C13H16FN3O2S. The van der Waals surface area contributed by atoms with Crippen molar-refractivity contribution in [3.05, 3.63) is 42.0 Å². The molecule has 0 amide bonds. The molecule has 0 aliphatic carbocycles. The second kappa shape index (κ2) is 7.37. The number of ether oxygens (including phenoxy) is 1. The molecule has 0 aliphatic heterocycles. The van der Waals surface area contributed by atoms with Crippen LogP contribution in [-0.4, -0.2) is 38.3 Å². The lowest BCUT2D eigenvalue weighted by atomic mass is 10.2. The molecule has 2 aromatic rings.